The molecule has 0 fully saturated rings. The first kappa shape index (κ1) is 12.0. The predicted molar refractivity (Wildman–Crippen MR) is 74.9 cm³/mol. The Kier molecular flexibility index (Phi) is 3.38. The van der Waals surface area contributed by atoms with E-state index in [2.05, 4.69) is 4.90 Å². The molecule has 2 nitrogen and oxygen atoms in total. The van der Waals surface area contributed by atoms with Crippen LogP contribution >= 0.6 is 12.2 Å². The molecule has 2 rings (SSSR count). The largest absolute Gasteiger partial charge is 0.368 e. The van der Waals surface area contributed by atoms with Gasteiger partial charge in [-0.15, -0.1) is 0 Å². The highest BCUT2D eigenvalue weighted by molar-refractivity contribution is 7.71. The first-order chi connectivity index (χ1) is 8.20. The van der Waals surface area contributed by atoms with E-state index in [4.69, 9.17) is 12.2 Å². The SMILES string of the molecule is CCN(CC)c1c(-c2ccccc2)c(=S)c1=O. The van der Waals surface area contributed by atoms with E-state index in [-0.39, 0.29) is 5.43 Å². The van der Waals surface area contributed by atoms with Crippen LogP contribution in [0.3, 0.4) is 0 Å². The molecule has 0 radical (unpaired) electrons. The van der Waals surface area contributed by atoms with Gasteiger partial charge in [0, 0.05) is 18.7 Å². The normalized spacial score (nSPS) is 10.7. The summed E-state index contributed by atoms with van der Waals surface area (Å²) in [5, 5.41) is 0. The molecule has 88 valence electrons. The Labute approximate surface area is 106 Å². The minimum atomic E-state index is 0.0163. The van der Waals surface area contributed by atoms with Gasteiger partial charge in [0.05, 0.1) is 10.2 Å². The number of anilines is 1. The Morgan fingerprint density at radius 1 is 1.12 bits per heavy atom. The second-order valence-corrected chi connectivity index (χ2v) is 4.33. The molecule has 0 unspecified atom stereocenters. The molecule has 0 aliphatic heterocycles. The van der Waals surface area contributed by atoms with Crippen LogP contribution in [0.25, 0.3) is 11.1 Å². The highest BCUT2D eigenvalue weighted by Crippen LogP contribution is 2.31. The second-order valence-electron chi connectivity index (χ2n) is 3.92. The molecule has 0 bridgehead atoms. The summed E-state index contributed by atoms with van der Waals surface area (Å²) < 4.78 is 0.470. The molecule has 0 N–H and O–H groups in total. The summed E-state index contributed by atoms with van der Waals surface area (Å²) >= 11 is 5.17. The van der Waals surface area contributed by atoms with Gasteiger partial charge in [-0.3, -0.25) is 4.79 Å². The second kappa shape index (κ2) is 4.80. The van der Waals surface area contributed by atoms with Crippen molar-refractivity contribution in [1.82, 2.24) is 0 Å². The molecule has 3 heteroatoms. The van der Waals surface area contributed by atoms with Gasteiger partial charge in [0.15, 0.2) is 0 Å². The Hall–Kier alpha value is -1.48. The maximum Gasteiger partial charge on any atom is 0.221 e. The van der Waals surface area contributed by atoms with Gasteiger partial charge in [-0.2, -0.15) is 0 Å². The zero-order valence-corrected chi connectivity index (χ0v) is 10.9. The zero-order chi connectivity index (χ0) is 12.4. The van der Waals surface area contributed by atoms with Crippen LogP contribution in [0.2, 0.25) is 0 Å². The third-order valence-corrected chi connectivity index (χ3v) is 3.42. The van der Waals surface area contributed by atoms with Crippen molar-refractivity contribution in [1.29, 1.82) is 0 Å². The van der Waals surface area contributed by atoms with E-state index in [1.165, 1.54) is 0 Å². The molecule has 0 aromatic heterocycles. The van der Waals surface area contributed by atoms with Crippen molar-refractivity contribution in [3.05, 3.63) is 45.1 Å². The standard InChI is InChI=1S/C14H15NOS/c1-3-15(4-2)12-11(14(17)13(12)16)10-8-6-5-7-9-10/h5-9H,3-4H2,1-2H3. The highest BCUT2D eigenvalue weighted by atomic mass is 32.1. The molecule has 0 saturated carbocycles. The Bertz CT molecular complexity index is 578. The van der Waals surface area contributed by atoms with Gasteiger partial charge in [0.2, 0.25) is 5.43 Å². The summed E-state index contributed by atoms with van der Waals surface area (Å²) in [7, 11) is 0. The summed E-state index contributed by atoms with van der Waals surface area (Å²) in [6.45, 7) is 5.76. The van der Waals surface area contributed by atoms with E-state index in [0.717, 1.165) is 29.9 Å². The Morgan fingerprint density at radius 2 is 1.71 bits per heavy atom. The Balaban J connectivity index is 2.54. The van der Waals surface area contributed by atoms with Gasteiger partial charge in [0.1, 0.15) is 0 Å². The van der Waals surface area contributed by atoms with Gasteiger partial charge in [0.25, 0.3) is 0 Å². The average molecular weight is 245 g/mol. The van der Waals surface area contributed by atoms with E-state index >= 15 is 0 Å². The van der Waals surface area contributed by atoms with Crippen LogP contribution < -0.4 is 10.3 Å². The van der Waals surface area contributed by atoms with Gasteiger partial charge >= 0.3 is 0 Å². The van der Waals surface area contributed by atoms with Crippen LogP contribution in [-0.4, -0.2) is 13.1 Å². The molecule has 17 heavy (non-hydrogen) atoms. The zero-order valence-electron chi connectivity index (χ0n) is 10.1. The van der Waals surface area contributed by atoms with Gasteiger partial charge in [-0.1, -0.05) is 42.5 Å². The van der Waals surface area contributed by atoms with E-state index in [1.807, 2.05) is 44.2 Å². The number of hydrogen-bond donors (Lipinski definition) is 0. The van der Waals surface area contributed by atoms with Crippen molar-refractivity contribution in [2.24, 2.45) is 0 Å². The van der Waals surface area contributed by atoms with E-state index in [1.54, 1.807) is 0 Å². The number of benzene rings is 1. The van der Waals surface area contributed by atoms with Crippen LogP contribution in [0.1, 0.15) is 13.8 Å². The fourth-order valence-electron chi connectivity index (χ4n) is 2.09. The predicted octanol–water partition coefficient (Wildman–Crippen LogP) is 3.17. The van der Waals surface area contributed by atoms with Crippen molar-refractivity contribution in [3.8, 4) is 11.1 Å². The lowest BCUT2D eigenvalue weighted by Gasteiger charge is -2.25. The van der Waals surface area contributed by atoms with E-state index in [9.17, 15) is 4.79 Å². The lowest BCUT2D eigenvalue weighted by Crippen LogP contribution is -2.31. The Morgan fingerprint density at radius 3 is 2.24 bits per heavy atom. The molecule has 0 aliphatic rings. The maximum absolute atomic E-state index is 11.9. The molecule has 0 aliphatic carbocycles. The van der Waals surface area contributed by atoms with Crippen LogP contribution in [0.5, 0.6) is 0 Å². The highest BCUT2D eigenvalue weighted by Gasteiger charge is 2.22. The molecule has 0 saturated heterocycles. The summed E-state index contributed by atoms with van der Waals surface area (Å²) in [4.78, 5) is 13.9. The summed E-state index contributed by atoms with van der Waals surface area (Å²) in [6.07, 6.45) is 0. The molecule has 2 aromatic rings. The minimum Gasteiger partial charge on any atom is -0.368 e. The van der Waals surface area contributed by atoms with Gasteiger partial charge in [-0.25, -0.2) is 0 Å². The topological polar surface area (TPSA) is 20.3 Å². The minimum absolute atomic E-state index is 0.0163. The molecule has 0 amide bonds. The van der Waals surface area contributed by atoms with Crippen LogP contribution in [0.15, 0.2) is 35.1 Å². The lowest BCUT2D eigenvalue weighted by atomic mass is 9.98. The molecular weight excluding hydrogens is 230 g/mol. The summed E-state index contributed by atoms with van der Waals surface area (Å²) in [5.74, 6) is 0. The molecule has 0 spiro atoms. The number of rotatable bonds is 4. The van der Waals surface area contributed by atoms with E-state index in [0.29, 0.717) is 4.51 Å². The quantitative estimate of drug-likeness (QED) is 0.772. The van der Waals surface area contributed by atoms with Gasteiger partial charge < -0.3 is 4.90 Å². The third-order valence-electron chi connectivity index (χ3n) is 3.03. The summed E-state index contributed by atoms with van der Waals surface area (Å²) in [6, 6.07) is 9.89. The molecule has 0 atom stereocenters. The van der Waals surface area contributed by atoms with Crippen molar-refractivity contribution in [3.63, 3.8) is 0 Å². The molecular formula is C14H15NOS. The van der Waals surface area contributed by atoms with Crippen molar-refractivity contribution < 1.29 is 0 Å². The fourth-order valence-corrected chi connectivity index (χ4v) is 2.41. The first-order valence-corrected chi connectivity index (χ1v) is 6.25. The van der Waals surface area contributed by atoms with Crippen molar-refractivity contribution >= 4 is 17.9 Å². The van der Waals surface area contributed by atoms with Crippen LogP contribution in [0, 0.1) is 4.51 Å². The monoisotopic (exact) mass is 245 g/mol. The van der Waals surface area contributed by atoms with Gasteiger partial charge in [-0.05, 0) is 19.4 Å². The van der Waals surface area contributed by atoms with E-state index < -0.39 is 0 Å². The van der Waals surface area contributed by atoms with Crippen LogP contribution in [0.4, 0.5) is 5.69 Å². The van der Waals surface area contributed by atoms with Crippen molar-refractivity contribution in [2.45, 2.75) is 13.8 Å². The molecule has 2 aromatic carbocycles. The number of hydrogen-bond acceptors (Lipinski definition) is 3. The molecule has 0 heterocycles. The lowest BCUT2D eigenvalue weighted by molar-refractivity contribution is 0.858. The summed E-state index contributed by atoms with van der Waals surface area (Å²) in [5.41, 5.74) is 2.78. The number of nitrogens with zero attached hydrogens (tertiary/aromatic N) is 1. The van der Waals surface area contributed by atoms with Crippen LogP contribution in [-0.2, 0) is 0 Å². The first-order valence-electron chi connectivity index (χ1n) is 5.84. The van der Waals surface area contributed by atoms with Crippen molar-refractivity contribution in [2.75, 3.05) is 18.0 Å². The maximum atomic E-state index is 11.9. The smallest absolute Gasteiger partial charge is 0.221 e. The third kappa shape index (κ3) is 1.91. The fraction of sp³-hybridized carbons (Fsp3) is 0.286. The average Bonchev–Trinajstić information content (AvgIpc) is 2.39.